The molecule has 0 aliphatic carbocycles. The molecule has 7 heteroatoms. The van der Waals surface area contributed by atoms with E-state index in [0.717, 1.165) is 38.0 Å². The minimum atomic E-state index is -0.274. The molecule has 2 aromatic rings. The van der Waals surface area contributed by atoms with Gasteiger partial charge < -0.3 is 19.7 Å². The summed E-state index contributed by atoms with van der Waals surface area (Å²) in [6.07, 6.45) is 6.19. The van der Waals surface area contributed by atoms with Crippen molar-refractivity contribution in [1.82, 2.24) is 19.7 Å². The van der Waals surface area contributed by atoms with Crippen molar-refractivity contribution in [1.29, 1.82) is 0 Å². The highest BCUT2D eigenvalue weighted by atomic mass is 16.2. The van der Waals surface area contributed by atoms with Crippen molar-refractivity contribution in [2.45, 2.75) is 38.8 Å². The maximum atomic E-state index is 12.9. The van der Waals surface area contributed by atoms with E-state index in [-0.39, 0.29) is 23.9 Å². The summed E-state index contributed by atoms with van der Waals surface area (Å²) < 4.78 is 1.35. The third-order valence-electron chi connectivity index (χ3n) is 6.43. The number of pyridine rings is 1. The fourth-order valence-electron chi connectivity index (χ4n) is 4.69. The second-order valence-corrected chi connectivity index (χ2v) is 8.91. The number of carbonyl (C=O) groups is 2. The quantitative estimate of drug-likeness (QED) is 0.722. The molecule has 2 amide bonds. The van der Waals surface area contributed by atoms with Gasteiger partial charge in [-0.15, -0.1) is 0 Å². The normalized spacial score (nSPS) is 19.1. The van der Waals surface area contributed by atoms with Crippen LogP contribution in [0.5, 0.6) is 0 Å². The summed E-state index contributed by atoms with van der Waals surface area (Å²) in [6, 6.07) is 12.5. The number of piperidine rings is 1. The van der Waals surface area contributed by atoms with Crippen molar-refractivity contribution in [3.63, 3.8) is 0 Å². The summed E-state index contributed by atoms with van der Waals surface area (Å²) in [7, 11) is 0. The Bertz CT molecular complexity index is 982. The number of hydrogen-bond acceptors (Lipinski definition) is 4. The lowest BCUT2D eigenvalue weighted by molar-refractivity contribution is -0.133. The molecule has 2 fully saturated rings. The second kappa shape index (κ2) is 10.6. The Kier molecular flexibility index (Phi) is 7.37. The Morgan fingerprint density at radius 2 is 1.75 bits per heavy atom. The lowest BCUT2D eigenvalue weighted by Crippen LogP contribution is -2.45. The van der Waals surface area contributed by atoms with Gasteiger partial charge in [0.15, 0.2) is 0 Å². The lowest BCUT2D eigenvalue weighted by Gasteiger charge is -2.34. The number of hydrogen-bond donors (Lipinski definition) is 1. The number of carbonyl (C=O) groups excluding carboxylic acids is 2. The van der Waals surface area contributed by atoms with Crippen LogP contribution in [0.3, 0.4) is 0 Å². The van der Waals surface area contributed by atoms with E-state index in [4.69, 9.17) is 0 Å². The first kappa shape index (κ1) is 22.3. The fourth-order valence-corrected chi connectivity index (χ4v) is 4.69. The van der Waals surface area contributed by atoms with Crippen LogP contribution >= 0.6 is 0 Å². The lowest BCUT2D eigenvalue weighted by atomic mass is 9.97. The molecule has 4 rings (SSSR count). The molecule has 1 N–H and O–H groups in total. The predicted octanol–water partition coefficient (Wildman–Crippen LogP) is 2.11. The van der Waals surface area contributed by atoms with Crippen molar-refractivity contribution in [3.8, 4) is 0 Å². The second-order valence-electron chi connectivity index (χ2n) is 8.91. The molecule has 0 spiro atoms. The third-order valence-corrected chi connectivity index (χ3v) is 6.43. The van der Waals surface area contributed by atoms with Gasteiger partial charge in [0.25, 0.3) is 11.5 Å². The SMILES string of the molecule is O=C(NCc1ccccc1)c1ccc(=O)n(CC(=O)N2CCCC(CN3CCCC3)C2)c1. The zero-order chi connectivity index (χ0) is 22.3. The van der Waals surface area contributed by atoms with Crippen LogP contribution in [0, 0.1) is 5.92 Å². The molecule has 2 aliphatic rings. The minimum Gasteiger partial charge on any atom is -0.348 e. The Morgan fingerprint density at radius 3 is 2.53 bits per heavy atom. The van der Waals surface area contributed by atoms with Crippen LogP contribution in [-0.4, -0.2) is 58.9 Å². The predicted molar refractivity (Wildman–Crippen MR) is 123 cm³/mol. The third kappa shape index (κ3) is 5.85. The van der Waals surface area contributed by atoms with Gasteiger partial charge in [-0.3, -0.25) is 14.4 Å². The van der Waals surface area contributed by atoms with Gasteiger partial charge >= 0.3 is 0 Å². The first-order valence-electron chi connectivity index (χ1n) is 11.6. The molecule has 7 nitrogen and oxygen atoms in total. The van der Waals surface area contributed by atoms with Gasteiger partial charge in [-0.25, -0.2) is 0 Å². The number of amides is 2. The van der Waals surface area contributed by atoms with Gasteiger partial charge in [-0.05, 0) is 56.3 Å². The van der Waals surface area contributed by atoms with Gasteiger partial charge in [0.05, 0.1) is 5.56 Å². The highest BCUT2D eigenvalue weighted by molar-refractivity contribution is 5.93. The smallest absolute Gasteiger partial charge is 0.253 e. The molecule has 170 valence electrons. The molecule has 2 aliphatic heterocycles. The molecule has 0 radical (unpaired) electrons. The minimum absolute atomic E-state index is 0.0327. The largest absolute Gasteiger partial charge is 0.348 e. The fraction of sp³-hybridized carbons (Fsp3) is 0.480. The monoisotopic (exact) mass is 436 g/mol. The number of rotatable bonds is 7. The van der Waals surface area contributed by atoms with E-state index in [9.17, 15) is 14.4 Å². The standard InChI is InChI=1S/C25H32N4O3/c30-23-11-10-22(25(32)26-15-20-7-2-1-3-8-20)18-29(23)19-24(31)28-14-6-9-21(17-28)16-27-12-4-5-13-27/h1-3,7-8,10-11,18,21H,4-6,9,12-17,19H2,(H,26,32). The van der Waals surface area contributed by atoms with Crippen LogP contribution in [-0.2, 0) is 17.9 Å². The van der Waals surface area contributed by atoms with Gasteiger partial charge in [-0.2, -0.15) is 0 Å². The molecule has 2 saturated heterocycles. The number of nitrogens with zero attached hydrogens (tertiary/aromatic N) is 3. The topological polar surface area (TPSA) is 74.6 Å². The van der Waals surface area contributed by atoms with E-state index in [1.165, 1.54) is 48.8 Å². The molecule has 1 atom stereocenters. The highest BCUT2D eigenvalue weighted by Gasteiger charge is 2.26. The summed E-state index contributed by atoms with van der Waals surface area (Å²) in [6.45, 7) is 5.25. The molecule has 1 aromatic heterocycles. The van der Waals surface area contributed by atoms with E-state index in [2.05, 4.69) is 10.2 Å². The molecular weight excluding hydrogens is 404 g/mol. The summed E-state index contributed by atoms with van der Waals surface area (Å²) in [4.78, 5) is 42.2. The molecular formula is C25H32N4O3. The molecule has 1 aromatic carbocycles. The first-order chi connectivity index (χ1) is 15.6. The Balaban J connectivity index is 1.35. The Labute approximate surface area is 189 Å². The average Bonchev–Trinajstić information content (AvgIpc) is 3.33. The summed E-state index contributed by atoms with van der Waals surface area (Å²) >= 11 is 0. The molecule has 3 heterocycles. The summed E-state index contributed by atoms with van der Waals surface area (Å²) in [5.74, 6) is 0.177. The van der Waals surface area contributed by atoms with Gasteiger partial charge in [0.1, 0.15) is 6.54 Å². The number of likely N-dealkylation sites (tertiary alicyclic amines) is 2. The average molecular weight is 437 g/mol. The maximum Gasteiger partial charge on any atom is 0.253 e. The first-order valence-corrected chi connectivity index (χ1v) is 11.6. The van der Waals surface area contributed by atoms with E-state index >= 15 is 0 Å². The van der Waals surface area contributed by atoms with Crippen molar-refractivity contribution in [2.24, 2.45) is 5.92 Å². The summed E-state index contributed by atoms with van der Waals surface area (Å²) in [5.41, 5.74) is 1.10. The molecule has 32 heavy (non-hydrogen) atoms. The van der Waals surface area contributed by atoms with Crippen molar-refractivity contribution in [3.05, 3.63) is 70.1 Å². The molecule has 0 bridgehead atoms. The number of nitrogens with one attached hydrogen (secondary N) is 1. The van der Waals surface area contributed by atoms with E-state index in [1.807, 2.05) is 35.2 Å². The Hall–Kier alpha value is -2.93. The van der Waals surface area contributed by atoms with Gasteiger partial charge in [0, 0.05) is 38.4 Å². The van der Waals surface area contributed by atoms with Crippen molar-refractivity contribution < 1.29 is 9.59 Å². The number of benzene rings is 1. The molecule has 1 unspecified atom stereocenters. The zero-order valence-electron chi connectivity index (χ0n) is 18.5. The van der Waals surface area contributed by atoms with Crippen LogP contribution < -0.4 is 10.9 Å². The van der Waals surface area contributed by atoms with E-state index in [1.54, 1.807) is 0 Å². The van der Waals surface area contributed by atoms with Gasteiger partial charge in [0.2, 0.25) is 5.91 Å². The maximum absolute atomic E-state index is 12.9. The van der Waals surface area contributed by atoms with Crippen LogP contribution in [0.15, 0.2) is 53.5 Å². The molecule has 0 saturated carbocycles. The van der Waals surface area contributed by atoms with E-state index < -0.39 is 0 Å². The van der Waals surface area contributed by atoms with Crippen LogP contribution in [0.2, 0.25) is 0 Å². The highest BCUT2D eigenvalue weighted by Crippen LogP contribution is 2.20. The van der Waals surface area contributed by atoms with Gasteiger partial charge in [-0.1, -0.05) is 30.3 Å². The van der Waals surface area contributed by atoms with Crippen LogP contribution in [0.25, 0.3) is 0 Å². The van der Waals surface area contributed by atoms with E-state index in [0.29, 0.717) is 18.0 Å². The van der Waals surface area contributed by atoms with Crippen molar-refractivity contribution >= 4 is 11.8 Å². The van der Waals surface area contributed by atoms with Crippen molar-refractivity contribution in [2.75, 3.05) is 32.7 Å². The Morgan fingerprint density at radius 1 is 0.969 bits per heavy atom. The van der Waals surface area contributed by atoms with Crippen LogP contribution in [0.4, 0.5) is 0 Å². The van der Waals surface area contributed by atoms with Crippen LogP contribution in [0.1, 0.15) is 41.6 Å². The zero-order valence-corrected chi connectivity index (χ0v) is 18.5. The summed E-state index contributed by atoms with van der Waals surface area (Å²) in [5, 5.41) is 2.86. The number of aromatic nitrogens is 1.